The number of nitrogens with two attached hydrogens (primary N) is 1. The monoisotopic (exact) mass is 426 g/mol. The first-order chi connectivity index (χ1) is 14.4. The Balaban J connectivity index is 1.41. The van der Waals surface area contributed by atoms with E-state index in [0.29, 0.717) is 11.7 Å². The molecule has 1 saturated heterocycles. The van der Waals surface area contributed by atoms with Crippen molar-refractivity contribution < 1.29 is 13.9 Å². The number of carbonyl (C=O) groups is 1. The van der Waals surface area contributed by atoms with E-state index in [0.717, 1.165) is 35.7 Å². The van der Waals surface area contributed by atoms with Crippen molar-refractivity contribution in [3.05, 3.63) is 64.8 Å². The summed E-state index contributed by atoms with van der Waals surface area (Å²) in [6.07, 6.45) is 2.28. The number of nitrogens with one attached hydrogen (secondary N) is 2. The Labute approximate surface area is 178 Å². The number of aromatic nitrogens is 1. The van der Waals surface area contributed by atoms with E-state index in [-0.39, 0.29) is 27.6 Å². The van der Waals surface area contributed by atoms with E-state index in [1.165, 1.54) is 24.6 Å². The summed E-state index contributed by atoms with van der Waals surface area (Å²) in [4.78, 5) is 17.1. The summed E-state index contributed by atoms with van der Waals surface area (Å²) in [7, 11) is 0. The average molecular weight is 427 g/mol. The highest BCUT2D eigenvalue weighted by Gasteiger charge is 2.28. The Kier molecular flexibility index (Phi) is 5.69. The van der Waals surface area contributed by atoms with Gasteiger partial charge in [0.05, 0.1) is 0 Å². The highest BCUT2D eigenvalue weighted by atomic mass is 32.1. The maximum atomic E-state index is 13.4. The molecule has 1 atom stereocenters. The zero-order chi connectivity index (χ0) is 21.1. The van der Waals surface area contributed by atoms with Gasteiger partial charge in [-0.15, -0.1) is 0 Å². The number of halogens is 1. The molecule has 0 saturated carbocycles. The lowest BCUT2D eigenvalue weighted by Gasteiger charge is -2.24. The second-order valence-corrected chi connectivity index (χ2v) is 8.60. The standard InChI is InChI=1S/C22H23FN4O2S/c1-22(10-3-11-25-22)13-29-17-8-6-16(7-9-17)26-21-27-20(24)19(30-21)18(28)14-4-2-5-15(23)12-14/h2,4-9,12,25H,3,10-11,13,24H2,1H3,(H,26,27)/t22-/m1/s1. The van der Waals surface area contributed by atoms with Gasteiger partial charge in [-0.1, -0.05) is 23.5 Å². The van der Waals surface area contributed by atoms with Crippen molar-refractivity contribution in [3.8, 4) is 5.75 Å². The third-order valence-corrected chi connectivity index (χ3v) is 6.05. The summed E-state index contributed by atoms with van der Waals surface area (Å²) in [6.45, 7) is 3.82. The lowest BCUT2D eigenvalue weighted by Crippen LogP contribution is -2.42. The predicted octanol–water partition coefficient (Wildman–Crippen LogP) is 4.36. The predicted molar refractivity (Wildman–Crippen MR) is 117 cm³/mol. The minimum Gasteiger partial charge on any atom is -0.492 e. The average Bonchev–Trinajstić information content (AvgIpc) is 3.33. The Hall–Kier alpha value is -2.97. The molecule has 156 valence electrons. The topological polar surface area (TPSA) is 89.3 Å². The lowest BCUT2D eigenvalue weighted by molar-refractivity contribution is 0.104. The molecule has 0 amide bonds. The first-order valence-corrected chi connectivity index (χ1v) is 10.5. The zero-order valence-corrected chi connectivity index (χ0v) is 17.4. The number of hydrogen-bond acceptors (Lipinski definition) is 7. The number of benzene rings is 2. The first kappa shape index (κ1) is 20.3. The minimum absolute atomic E-state index is 0.0277. The van der Waals surface area contributed by atoms with Crippen molar-refractivity contribution in [2.24, 2.45) is 0 Å². The van der Waals surface area contributed by atoms with Crippen LogP contribution in [0.3, 0.4) is 0 Å². The van der Waals surface area contributed by atoms with Gasteiger partial charge in [-0.3, -0.25) is 4.79 Å². The number of ketones is 1. The van der Waals surface area contributed by atoms with Gasteiger partial charge >= 0.3 is 0 Å². The summed E-state index contributed by atoms with van der Waals surface area (Å²) >= 11 is 1.14. The van der Waals surface area contributed by atoms with E-state index in [9.17, 15) is 9.18 Å². The quantitative estimate of drug-likeness (QED) is 0.487. The van der Waals surface area contributed by atoms with E-state index in [1.807, 2.05) is 24.3 Å². The highest BCUT2D eigenvalue weighted by molar-refractivity contribution is 7.18. The molecule has 30 heavy (non-hydrogen) atoms. The van der Waals surface area contributed by atoms with E-state index in [1.54, 1.807) is 6.07 Å². The number of ether oxygens (including phenoxy) is 1. The molecule has 0 unspecified atom stereocenters. The fraction of sp³-hybridized carbons (Fsp3) is 0.273. The van der Waals surface area contributed by atoms with Gasteiger partial charge in [0.2, 0.25) is 5.78 Å². The summed E-state index contributed by atoms with van der Waals surface area (Å²) in [6, 6.07) is 13.1. The van der Waals surface area contributed by atoms with Gasteiger partial charge < -0.3 is 21.1 Å². The van der Waals surface area contributed by atoms with Gasteiger partial charge in [-0.25, -0.2) is 9.37 Å². The Morgan fingerprint density at radius 3 is 2.83 bits per heavy atom. The second kappa shape index (κ2) is 8.41. The van der Waals surface area contributed by atoms with Crippen LogP contribution in [0.2, 0.25) is 0 Å². The molecule has 1 aromatic heterocycles. The summed E-state index contributed by atoms with van der Waals surface area (Å²) in [5, 5.41) is 7.11. The molecule has 2 aromatic carbocycles. The van der Waals surface area contributed by atoms with E-state index < -0.39 is 5.82 Å². The van der Waals surface area contributed by atoms with Gasteiger partial charge in [0.25, 0.3) is 0 Å². The Morgan fingerprint density at radius 2 is 2.13 bits per heavy atom. The van der Waals surface area contributed by atoms with Crippen LogP contribution in [0.15, 0.2) is 48.5 Å². The summed E-state index contributed by atoms with van der Waals surface area (Å²) < 4.78 is 19.3. The van der Waals surface area contributed by atoms with Gasteiger partial charge in [-0.2, -0.15) is 0 Å². The SMILES string of the molecule is C[C@]1(COc2ccc(Nc3nc(N)c(C(=O)c4cccc(F)c4)s3)cc2)CCCN1. The number of nitrogen functional groups attached to an aromatic ring is 1. The van der Waals surface area contributed by atoms with E-state index in [2.05, 4.69) is 22.5 Å². The Bertz CT molecular complexity index is 1050. The fourth-order valence-corrected chi connectivity index (χ4v) is 4.26. The molecular formula is C22H23FN4O2S. The van der Waals surface area contributed by atoms with Crippen molar-refractivity contribution in [1.29, 1.82) is 0 Å². The molecule has 0 spiro atoms. The number of nitrogens with zero attached hydrogens (tertiary/aromatic N) is 1. The van der Waals surface area contributed by atoms with Gasteiger partial charge in [0.15, 0.2) is 5.13 Å². The normalized spacial score (nSPS) is 18.3. The van der Waals surface area contributed by atoms with Gasteiger partial charge in [-0.05, 0) is 62.7 Å². The maximum Gasteiger partial charge on any atom is 0.206 e. The van der Waals surface area contributed by atoms with Crippen LogP contribution >= 0.6 is 11.3 Å². The molecule has 4 rings (SSSR count). The summed E-state index contributed by atoms with van der Waals surface area (Å²) in [5.74, 6) is 0.0859. The lowest BCUT2D eigenvalue weighted by atomic mass is 10.0. The molecule has 1 aliphatic rings. The smallest absolute Gasteiger partial charge is 0.206 e. The zero-order valence-electron chi connectivity index (χ0n) is 16.6. The number of thiazole rings is 1. The van der Waals surface area contributed by atoms with Crippen molar-refractivity contribution in [1.82, 2.24) is 10.3 Å². The van der Waals surface area contributed by atoms with Crippen LogP contribution < -0.4 is 21.1 Å². The van der Waals surface area contributed by atoms with Crippen molar-refractivity contribution in [2.45, 2.75) is 25.3 Å². The third-order valence-electron chi connectivity index (χ3n) is 5.07. The summed E-state index contributed by atoms with van der Waals surface area (Å²) in [5.41, 5.74) is 6.99. The van der Waals surface area contributed by atoms with Crippen LogP contribution in [0, 0.1) is 5.82 Å². The molecule has 2 heterocycles. The van der Waals surface area contributed by atoms with Crippen molar-refractivity contribution in [2.75, 3.05) is 24.2 Å². The molecule has 0 radical (unpaired) electrons. The van der Waals surface area contributed by atoms with Gasteiger partial charge in [0.1, 0.15) is 28.9 Å². The molecule has 0 bridgehead atoms. The molecule has 0 aliphatic carbocycles. The van der Waals surface area contributed by atoms with E-state index in [4.69, 9.17) is 10.5 Å². The number of carbonyl (C=O) groups excluding carboxylic acids is 1. The highest BCUT2D eigenvalue weighted by Crippen LogP contribution is 2.30. The van der Waals surface area contributed by atoms with Crippen molar-refractivity contribution in [3.63, 3.8) is 0 Å². The van der Waals surface area contributed by atoms with Crippen LogP contribution in [0.5, 0.6) is 5.75 Å². The maximum absolute atomic E-state index is 13.4. The molecule has 3 aromatic rings. The second-order valence-electron chi connectivity index (χ2n) is 7.60. The fourth-order valence-electron chi connectivity index (χ4n) is 3.39. The number of hydrogen-bond donors (Lipinski definition) is 3. The third kappa shape index (κ3) is 4.60. The number of rotatable bonds is 7. The molecular weight excluding hydrogens is 403 g/mol. The molecule has 8 heteroatoms. The van der Waals surface area contributed by atoms with Crippen LogP contribution in [0.4, 0.5) is 21.0 Å². The molecule has 6 nitrogen and oxygen atoms in total. The number of anilines is 3. The van der Waals surface area contributed by atoms with Crippen LogP contribution in [-0.4, -0.2) is 29.5 Å². The van der Waals surface area contributed by atoms with Crippen molar-refractivity contribution >= 4 is 33.8 Å². The minimum atomic E-state index is -0.470. The molecule has 1 aliphatic heterocycles. The Morgan fingerprint density at radius 1 is 1.33 bits per heavy atom. The largest absolute Gasteiger partial charge is 0.492 e. The van der Waals surface area contributed by atoms with E-state index >= 15 is 0 Å². The molecule has 4 N–H and O–H groups in total. The van der Waals surface area contributed by atoms with Gasteiger partial charge in [0, 0.05) is 16.8 Å². The first-order valence-electron chi connectivity index (χ1n) is 9.73. The van der Waals surface area contributed by atoms with Crippen LogP contribution in [-0.2, 0) is 0 Å². The van der Waals surface area contributed by atoms with Crippen LogP contribution in [0.25, 0.3) is 0 Å². The van der Waals surface area contributed by atoms with Crippen LogP contribution in [0.1, 0.15) is 35.0 Å². The molecule has 1 fully saturated rings.